The molecule has 0 spiro atoms. The van der Waals surface area contributed by atoms with Gasteiger partial charge < -0.3 is 15.2 Å². The number of nitro groups is 1. The van der Waals surface area contributed by atoms with Crippen LogP contribution in [0.15, 0.2) is 41.2 Å². The SMILES string of the molecule is CC1=C(C(=O)OC2CCCCC2)C(c2ccc([O-])c([N+](=O)[O-])c2)C2C(=O)CC(C)(C)C=C2N1. The first-order chi connectivity index (χ1) is 15.6. The van der Waals surface area contributed by atoms with Crippen LogP contribution in [-0.4, -0.2) is 22.8 Å². The van der Waals surface area contributed by atoms with Gasteiger partial charge in [0.2, 0.25) is 0 Å². The maximum atomic E-state index is 13.4. The number of nitro benzene ring substituents is 1. The van der Waals surface area contributed by atoms with Crippen LogP contribution in [0.1, 0.15) is 70.8 Å². The summed E-state index contributed by atoms with van der Waals surface area (Å²) in [7, 11) is 0. The molecule has 8 nitrogen and oxygen atoms in total. The maximum absolute atomic E-state index is 13.4. The van der Waals surface area contributed by atoms with Crippen molar-refractivity contribution in [3.8, 4) is 5.75 Å². The van der Waals surface area contributed by atoms with Crippen LogP contribution < -0.4 is 10.4 Å². The number of Topliss-reactive ketones (excluding diaryl/α,β-unsaturated/α-hetero) is 1. The molecule has 0 saturated heterocycles. The summed E-state index contributed by atoms with van der Waals surface area (Å²) in [4.78, 5) is 37.4. The molecule has 0 aromatic heterocycles. The van der Waals surface area contributed by atoms with Crippen molar-refractivity contribution in [2.24, 2.45) is 11.3 Å². The summed E-state index contributed by atoms with van der Waals surface area (Å²) in [5.74, 6) is -2.75. The smallest absolute Gasteiger partial charge is 0.336 e. The van der Waals surface area contributed by atoms with Crippen LogP contribution in [0, 0.1) is 21.4 Å². The first kappa shape index (κ1) is 23.0. The van der Waals surface area contributed by atoms with E-state index in [1.165, 1.54) is 12.1 Å². The zero-order valence-corrected chi connectivity index (χ0v) is 19.2. The number of rotatable bonds is 4. The Hall–Kier alpha value is -3.16. The van der Waals surface area contributed by atoms with Crippen LogP contribution in [0.2, 0.25) is 0 Å². The molecule has 2 atom stereocenters. The summed E-state index contributed by atoms with van der Waals surface area (Å²) in [5.41, 5.74) is 0.999. The Kier molecular flexibility index (Phi) is 6.03. The number of carbonyl (C=O) groups excluding carboxylic acids is 2. The van der Waals surface area contributed by atoms with Gasteiger partial charge in [-0.3, -0.25) is 14.9 Å². The molecule has 2 unspecified atom stereocenters. The molecule has 2 aliphatic carbocycles. The highest BCUT2D eigenvalue weighted by Gasteiger charge is 2.46. The van der Waals surface area contributed by atoms with E-state index in [1.807, 2.05) is 19.9 Å². The standard InChI is InChI=1S/C25H30N2O6/c1-14-21(24(30)33-16-7-5-4-6-8-16)22(15-9-10-19(28)18(11-15)27(31)32)23-17(26-14)12-25(2,3)13-20(23)29/h9-12,16,22-23,26,28H,4-8,13H2,1-3H3/p-1. The predicted octanol–water partition coefficient (Wildman–Crippen LogP) is 4.00. The fraction of sp³-hybridized carbons (Fsp3) is 0.520. The van der Waals surface area contributed by atoms with Gasteiger partial charge in [-0.05, 0) is 49.3 Å². The lowest BCUT2D eigenvalue weighted by Gasteiger charge is -2.41. The number of esters is 1. The summed E-state index contributed by atoms with van der Waals surface area (Å²) in [6.45, 7) is 5.69. The lowest BCUT2D eigenvalue weighted by atomic mass is 9.66. The maximum Gasteiger partial charge on any atom is 0.336 e. The molecule has 0 bridgehead atoms. The Balaban J connectivity index is 1.82. The van der Waals surface area contributed by atoms with Gasteiger partial charge in [0.15, 0.2) is 0 Å². The van der Waals surface area contributed by atoms with Crippen molar-refractivity contribution in [3.05, 3.63) is 56.9 Å². The van der Waals surface area contributed by atoms with Gasteiger partial charge in [0.1, 0.15) is 11.9 Å². The zero-order chi connectivity index (χ0) is 23.9. The Morgan fingerprint density at radius 2 is 1.88 bits per heavy atom. The van der Waals surface area contributed by atoms with Crippen LogP contribution in [-0.2, 0) is 14.3 Å². The number of hydrogen-bond acceptors (Lipinski definition) is 7. The van der Waals surface area contributed by atoms with Crippen LogP contribution in [0.3, 0.4) is 0 Å². The van der Waals surface area contributed by atoms with Crippen molar-refractivity contribution in [3.63, 3.8) is 0 Å². The number of ketones is 1. The second-order valence-electron chi connectivity index (χ2n) is 10.00. The van der Waals surface area contributed by atoms with Gasteiger partial charge in [0.05, 0.1) is 16.4 Å². The third-order valence-electron chi connectivity index (χ3n) is 6.82. The van der Waals surface area contributed by atoms with Gasteiger partial charge in [-0.25, -0.2) is 4.79 Å². The zero-order valence-electron chi connectivity index (χ0n) is 19.2. The number of allylic oxidation sites excluding steroid dienone is 3. The van der Waals surface area contributed by atoms with E-state index in [0.29, 0.717) is 22.5 Å². The molecular formula is C25H29N2O6-. The minimum atomic E-state index is -0.767. The first-order valence-electron chi connectivity index (χ1n) is 11.5. The summed E-state index contributed by atoms with van der Waals surface area (Å²) in [6, 6.07) is 3.82. The van der Waals surface area contributed by atoms with Crippen molar-refractivity contribution in [2.45, 2.75) is 71.3 Å². The number of benzene rings is 1. The number of hydrogen-bond donors (Lipinski definition) is 1. The third kappa shape index (κ3) is 4.51. The highest BCUT2D eigenvalue weighted by Crippen LogP contribution is 2.48. The van der Waals surface area contributed by atoms with Gasteiger partial charge in [-0.15, -0.1) is 0 Å². The number of nitrogens with one attached hydrogen (secondary N) is 1. The fourth-order valence-electron chi connectivity index (χ4n) is 5.36. The molecule has 8 heteroatoms. The summed E-state index contributed by atoms with van der Waals surface area (Å²) in [5, 5.41) is 26.7. The number of fused-ring (bicyclic) bond motifs is 1. The Morgan fingerprint density at radius 1 is 1.18 bits per heavy atom. The molecule has 1 aromatic carbocycles. The van der Waals surface area contributed by atoms with Crippen LogP contribution in [0.25, 0.3) is 0 Å². The molecular weight excluding hydrogens is 424 g/mol. The largest absolute Gasteiger partial charge is 0.868 e. The topological polar surface area (TPSA) is 122 Å². The van der Waals surface area contributed by atoms with Gasteiger partial charge >= 0.3 is 5.97 Å². The number of ether oxygens (including phenoxy) is 1. The van der Waals surface area contributed by atoms with Crippen LogP contribution in [0.4, 0.5) is 5.69 Å². The molecule has 0 amide bonds. The van der Waals surface area contributed by atoms with Crippen molar-refractivity contribution in [2.75, 3.05) is 0 Å². The summed E-state index contributed by atoms with van der Waals surface area (Å²) in [6.07, 6.45) is 6.81. The first-order valence-corrected chi connectivity index (χ1v) is 11.5. The minimum absolute atomic E-state index is 0.0562. The lowest BCUT2D eigenvalue weighted by Crippen LogP contribution is -2.44. The Labute approximate surface area is 192 Å². The van der Waals surface area contributed by atoms with E-state index < -0.39 is 34.2 Å². The molecule has 176 valence electrons. The van der Waals surface area contributed by atoms with E-state index in [0.717, 1.165) is 38.2 Å². The fourth-order valence-corrected chi connectivity index (χ4v) is 5.36. The van der Waals surface area contributed by atoms with E-state index in [4.69, 9.17) is 4.74 Å². The highest BCUT2D eigenvalue weighted by atomic mass is 16.6. The van der Waals surface area contributed by atoms with Crippen LogP contribution >= 0.6 is 0 Å². The minimum Gasteiger partial charge on any atom is -0.868 e. The molecule has 1 fully saturated rings. The third-order valence-corrected chi connectivity index (χ3v) is 6.82. The Morgan fingerprint density at radius 3 is 2.55 bits per heavy atom. The highest BCUT2D eigenvalue weighted by molar-refractivity contribution is 5.96. The van der Waals surface area contributed by atoms with Crippen molar-refractivity contribution in [1.82, 2.24) is 5.32 Å². The van der Waals surface area contributed by atoms with Crippen molar-refractivity contribution < 1.29 is 24.4 Å². The molecule has 1 heterocycles. The van der Waals surface area contributed by atoms with E-state index >= 15 is 0 Å². The Bertz CT molecular complexity index is 1060. The van der Waals surface area contributed by atoms with Gasteiger partial charge in [0, 0.05) is 29.8 Å². The average molecular weight is 454 g/mol. The van der Waals surface area contributed by atoms with E-state index in [1.54, 1.807) is 6.92 Å². The predicted molar refractivity (Wildman–Crippen MR) is 119 cm³/mol. The lowest BCUT2D eigenvalue weighted by molar-refractivity contribution is -0.398. The van der Waals surface area contributed by atoms with Gasteiger partial charge in [0.25, 0.3) is 5.69 Å². The van der Waals surface area contributed by atoms with E-state index in [-0.39, 0.29) is 23.7 Å². The molecule has 33 heavy (non-hydrogen) atoms. The van der Waals surface area contributed by atoms with Crippen LogP contribution in [0.5, 0.6) is 5.75 Å². The quantitative estimate of drug-likeness (QED) is 0.415. The average Bonchev–Trinajstić information content (AvgIpc) is 2.72. The summed E-state index contributed by atoms with van der Waals surface area (Å²) < 4.78 is 5.85. The normalized spacial score (nSPS) is 25.1. The van der Waals surface area contributed by atoms with Gasteiger partial charge in [-0.2, -0.15) is 0 Å². The van der Waals surface area contributed by atoms with E-state index in [2.05, 4.69) is 5.32 Å². The van der Waals surface area contributed by atoms with Crippen molar-refractivity contribution >= 4 is 17.4 Å². The molecule has 1 aromatic rings. The molecule has 1 saturated carbocycles. The number of carbonyl (C=O) groups is 2. The monoisotopic (exact) mass is 453 g/mol. The molecule has 1 aliphatic heterocycles. The second kappa shape index (κ2) is 8.65. The molecule has 3 aliphatic rings. The second-order valence-corrected chi connectivity index (χ2v) is 10.00. The van der Waals surface area contributed by atoms with Crippen molar-refractivity contribution in [1.29, 1.82) is 0 Å². The van der Waals surface area contributed by atoms with E-state index in [9.17, 15) is 24.8 Å². The molecule has 4 rings (SSSR count). The molecule has 1 N–H and O–H groups in total. The number of nitrogens with zero attached hydrogens (tertiary/aromatic N) is 1. The molecule has 0 radical (unpaired) electrons. The van der Waals surface area contributed by atoms with Gasteiger partial charge in [-0.1, -0.05) is 38.5 Å². The summed E-state index contributed by atoms with van der Waals surface area (Å²) >= 11 is 0.